The van der Waals surface area contributed by atoms with E-state index in [2.05, 4.69) is 12.2 Å². The summed E-state index contributed by atoms with van der Waals surface area (Å²) in [6.07, 6.45) is 3.80. The number of aliphatic hydroxyl groups excluding tert-OH is 1. The third-order valence-corrected chi connectivity index (χ3v) is 3.69. The maximum Gasteiger partial charge on any atom is 0.258 e. The van der Waals surface area contributed by atoms with Crippen molar-refractivity contribution in [2.24, 2.45) is 5.92 Å². The van der Waals surface area contributed by atoms with Gasteiger partial charge in [-0.25, -0.2) is 0 Å². The second-order valence-electron chi connectivity index (χ2n) is 5.27. The van der Waals surface area contributed by atoms with Crippen molar-refractivity contribution in [2.75, 3.05) is 13.2 Å². The number of nitrogens with one attached hydrogen (secondary N) is 1. The Bertz CT molecular complexity index is 443. The highest BCUT2D eigenvalue weighted by Gasteiger charge is 2.31. The van der Waals surface area contributed by atoms with Crippen LogP contribution in [-0.2, 0) is 11.2 Å². The van der Waals surface area contributed by atoms with E-state index in [1.165, 1.54) is 0 Å². The Kier molecular flexibility index (Phi) is 5.41. The van der Waals surface area contributed by atoms with Crippen LogP contribution in [-0.4, -0.2) is 30.3 Å². The van der Waals surface area contributed by atoms with Crippen molar-refractivity contribution in [3.63, 3.8) is 0 Å². The van der Waals surface area contributed by atoms with E-state index in [1.807, 2.05) is 24.3 Å². The van der Waals surface area contributed by atoms with Crippen LogP contribution >= 0.6 is 0 Å². The number of hydrogen-bond donors (Lipinski definition) is 2. The van der Waals surface area contributed by atoms with Gasteiger partial charge in [-0.05, 0) is 43.2 Å². The molecule has 1 saturated carbocycles. The van der Waals surface area contributed by atoms with Gasteiger partial charge in [0.2, 0.25) is 0 Å². The average molecular weight is 277 g/mol. The number of aliphatic hydroxyl groups is 1. The number of carbonyl (C=O) groups is 1. The minimum Gasteiger partial charge on any atom is -0.483 e. The average Bonchev–Trinajstić information content (AvgIpc) is 3.29. The van der Waals surface area contributed by atoms with Crippen LogP contribution in [0.3, 0.4) is 0 Å². The zero-order valence-electron chi connectivity index (χ0n) is 12.0. The number of carbonyl (C=O) groups excluding carboxylic acids is 1. The molecule has 1 aliphatic carbocycles. The van der Waals surface area contributed by atoms with Crippen LogP contribution in [0.1, 0.15) is 31.7 Å². The molecule has 4 nitrogen and oxygen atoms in total. The highest BCUT2D eigenvalue weighted by Crippen LogP contribution is 2.33. The number of aryl methyl sites for hydroxylation is 1. The van der Waals surface area contributed by atoms with Crippen molar-refractivity contribution in [1.29, 1.82) is 0 Å². The van der Waals surface area contributed by atoms with E-state index >= 15 is 0 Å². The van der Waals surface area contributed by atoms with Gasteiger partial charge in [-0.15, -0.1) is 0 Å². The SMILES string of the molecule is CCc1ccccc1OCC(=O)NC(CCO)C1CC1. The van der Waals surface area contributed by atoms with Crippen molar-refractivity contribution >= 4 is 5.91 Å². The third kappa shape index (κ3) is 4.23. The van der Waals surface area contributed by atoms with E-state index in [4.69, 9.17) is 9.84 Å². The Balaban J connectivity index is 1.82. The van der Waals surface area contributed by atoms with Crippen LogP contribution in [0.15, 0.2) is 24.3 Å². The fourth-order valence-electron chi connectivity index (χ4n) is 2.39. The molecule has 110 valence electrons. The summed E-state index contributed by atoms with van der Waals surface area (Å²) in [6, 6.07) is 7.86. The van der Waals surface area contributed by atoms with Gasteiger partial charge >= 0.3 is 0 Å². The van der Waals surface area contributed by atoms with Crippen molar-refractivity contribution in [2.45, 2.75) is 38.6 Å². The summed E-state index contributed by atoms with van der Waals surface area (Å²) in [7, 11) is 0. The molecule has 1 fully saturated rings. The first kappa shape index (κ1) is 14.9. The third-order valence-electron chi connectivity index (χ3n) is 3.69. The largest absolute Gasteiger partial charge is 0.483 e. The molecule has 1 aromatic rings. The van der Waals surface area contributed by atoms with Crippen LogP contribution in [0.5, 0.6) is 5.75 Å². The van der Waals surface area contributed by atoms with Gasteiger partial charge in [0.25, 0.3) is 5.91 Å². The fraction of sp³-hybridized carbons (Fsp3) is 0.562. The molecule has 1 unspecified atom stereocenters. The van der Waals surface area contributed by atoms with Gasteiger partial charge in [0.15, 0.2) is 6.61 Å². The summed E-state index contributed by atoms with van der Waals surface area (Å²) in [4.78, 5) is 11.9. The quantitative estimate of drug-likeness (QED) is 0.763. The van der Waals surface area contributed by atoms with Gasteiger partial charge in [0.1, 0.15) is 5.75 Å². The second kappa shape index (κ2) is 7.29. The molecule has 1 atom stereocenters. The molecule has 1 aliphatic rings. The van der Waals surface area contributed by atoms with Crippen LogP contribution < -0.4 is 10.1 Å². The second-order valence-corrected chi connectivity index (χ2v) is 5.27. The highest BCUT2D eigenvalue weighted by atomic mass is 16.5. The monoisotopic (exact) mass is 277 g/mol. The maximum atomic E-state index is 11.9. The van der Waals surface area contributed by atoms with Crippen molar-refractivity contribution < 1.29 is 14.6 Å². The molecule has 0 saturated heterocycles. The molecule has 0 spiro atoms. The molecule has 1 aromatic carbocycles. The Labute approximate surface area is 120 Å². The Morgan fingerprint density at radius 2 is 2.20 bits per heavy atom. The number of benzene rings is 1. The normalized spacial score (nSPS) is 15.7. The molecule has 2 rings (SSSR count). The molecular formula is C16H23NO3. The van der Waals surface area contributed by atoms with E-state index < -0.39 is 0 Å². The lowest BCUT2D eigenvalue weighted by atomic mass is 10.1. The summed E-state index contributed by atoms with van der Waals surface area (Å²) in [5.41, 5.74) is 1.11. The van der Waals surface area contributed by atoms with Gasteiger partial charge in [0.05, 0.1) is 0 Å². The van der Waals surface area contributed by atoms with E-state index in [0.717, 1.165) is 30.6 Å². The summed E-state index contributed by atoms with van der Waals surface area (Å²) < 4.78 is 5.59. The maximum absolute atomic E-state index is 11.9. The summed E-state index contributed by atoms with van der Waals surface area (Å²) in [5, 5.41) is 12.0. The molecule has 0 aliphatic heterocycles. The lowest BCUT2D eigenvalue weighted by molar-refractivity contribution is -0.124. The molecule has 0 radical (unpaired) electrons. The summed E-state index contributed by atoms with van der Waals surface area (Å²) in [6.45, 7) is 2.21. The molecule has 0 heterocycles. The molecular weight excluding hydrogens is 254 g/mol. The number of ether oxygens (including phenoxy) is 1. The van der Waals surface area contributed by atoms with Crippen LogP contribution in [0.25, 0.3) is 0 Å². The molecule has 0 bridgehead atoms. The van der Waals surface area contributed by atoms with Crippen LogP contribution in [0, 0.1) is 5.92 Å². The van der Waals surface area contributed by atoms with Gasteiger partial charge in [-0.3, -0.25) is 4.79 Å². The van der Waals surface area contributed by atoms with Crippen molar-refractivity contribution in [3.8, 4) is 5.75 Å². The van der Waals surface area contributed by atoms with E-state index in [0.29, 0.717) is 12.3 Å². The van der Waals surface area contributed by atoms with Gasteiger partial charge in [-0.1, -0.05) is 25.1 Å². The lowest BCUT2D eigenvalue weighted by Crippen LogP contribution is -2.39. The van der Waals surface area contributed by atoms with Crippen LogP contribution in [0.4, 0.5) is 0 Å². The number of rotatable bonds is 8. The van der Waals surface area contributed by atoms with E-state index in [1.54, 1.807) is 0 Å². The fourth-order valence-corrected chi connectivity index (χ4v) is 2.39. The summed E-state index contributed by atoms with van der Waals surface area (Å²) in [5.74, 6) is 1.20. The predicted molar refractivity (Wildman–Crippen MR) is 77.7 cm³/mol. The van der Waals surface area contributed by atoms with Crippen LogP contribution in [0.2, 0.25) is 0 Å². The standard InChI is InChI=1S/C16H23NO3/c1-2-12-5-3-4-6-15(12)20-11-16(19)17-14(9-10-18)13-7-8-13/h3-6,13-14,18H,2,7-11H2,1H3,(H,17,19). The Morgan fingerprint density at radius 1 is 1.45 bits per heavy atom. The number of para-hydroxylation sites is 1. The number of hydrogen-bond acceptors (Lipinski definition) is 3. The Morgan fingerprint density at radius 3 is 2.85 bits per heavy atom. The smallest absolute Gasteiger partial charge is 0.258 e. The van der Waals surface area contributed by atoms with E-state index in [9.17, 15) is 4.79 Å². The number of amides is 1. The first-order valence-electron chi connectivity index (χ1n) is 7.35. The lowest BCUT2D eigenvalue weighted by Gasteiger charge is -2.17. The predicted octanol–water partition coefficient (Wildman–Crippen LogP) is 1.90. The summed E-state index contributed by atoms with van der Waals surface area (Å²) >= 11 is 0. The van der Waals surface area contributed by atoms with Gasteiger partial charge < -0.3 is 15.2 Å². The van der Waals surface area contributed by atoms with Crippen molar-refractivity contribution in [1.82, 2.24) is 5.32 Å². The highest BCUT2D eigenvalue weighted by molar-refractivity contribution is 5.78. The minimum atomic E-state index is -0.110. The van der Waals surface area contributed by atoms with E-state index in [-0.39, 0.29) is 25.2 Å². The molecule has 2 N–H and O–H groups in total. The zero-order valence-corrected chi connectivity index (χ0v) is 12.0. The van der Waals surface area contributed by atoms with Gasteiger partial charge in [-0.2, -0.15) is 0 Å². The molecule has 1 amide bonds. The van der Waals surface area contributed by atoms with Crippen molar-refractivity contribution in [3.05, 3.63) is 29.8 Å². The van der Waals surface area contributed by atoms with Gasteiger partial charge in [0, 0.05) is 12.6 Å². The minimum absolute atomic E-state index is 0.0334. The molecule has 20 heavy (non-hydrogen) atoms. The first-order valence-corrected chi connectivity index (χ1v) is 7.35. The zero-order chi connectivity index (χ0) is 14.4. The first-order chi connectivity index (χ1) is 9.74. The topological polar surface area (TPSA) is 58.6 Å². The Hall–Kier alpha value is -1.55. The molecule has 0 aromatic heterocycles. The molecule has 4 heteroatoms.